The van der Waals surface area contributed by atoms with E-state index in [1.807, 2.05) is 30.3 Å². The van der Waals surface area contributed by atoms with Gasteiger partial charge in [0, 0.05) is 11.8 Å². The zero-order chi connectivity index (χ0) is 14.7. The molecule has 0 fully saturated rings. The van der Waals surface area contributed by atoms with E-state index >= 15 is 0 Å². The molecule has 5 nitrogen and oxygen atoms in total. The van der Waals surface area contributed by atoms with E-state index in [1.54, 1.807) is 31.3 Å². The molecule has 0 N–H and O–H groups in total. The molecule has 0 spiro atoms. The van der Waals surface area contributed by atoms with E-state index < -0.39 is 5.92 Å². The lowest BCUT2D eigenvalue weighted by molar-refractivity contribution is 0.0951. The molecule has 1 aromatic carbocycles. The number of hydrogen-bond acceptors (Lipinski definition) is 5. The van der Waals surface area contributed by atoms with E-state index in [-0.39, 0.29) is 5.78 Å². The van der Waals surface area contributed by atoms with Gasteiger partial charge in [-0.2, -0.15) is 4.98 Å². The first kappa shape index (κ1) is 13.2. The first-order chi connectivity index (χ1) is 10.3. The maximum atomic E-state index is 12.3. The van der Waals surface area contributed by atoms with Crippen LogP contribution in [0.1, 0.15) is 29.1 Å². The summed E-state index contributed by atoms with van der Waals surface area (Å²) in [7, 11) is 0. The Hall–Kier alpha value is -2.82. The standard InChI is InChI=1S/C16H13N3O2/c1-11(14(20)12-7-3-2-4-8-12)16-18-15(19-21-16)13-9-5-6-10-17-13/h2-11H,1H3. The Morgan fingerprint density at radius 1 is 1.10 bits per heavy atom. The van der Waals surface area contributed by atoms with E-state index in [1.165, 1.54) is 0 Å². The Balaban J connectivity index is 1.85. The number of carbonyl (C=O) groups excluding carboxylic acids is 1. The molecule has 0 radical (unpaired) electrons. The van der Waals surface area contributed by atoms with E-state index in [9.17, 15) is 4.79 Å². The average Bonchev–Trinajstić information content (AvgIpc) is 3.05. The quantitative estimate of drug-likeness (QED) is 0.686. The molecule has 1 unspecified atom stereocenters. The lowest BCUT2D eigenvalue weighted by atomic mass is 9.99. The second-order valence-electron chi connectivity index (χ2n) is 4.62. The Labute approximate surface area is 121 Å². The van der Waals surface area contributed by atoms with Gasteiger partial charge < -0.3 is 4.52 Å². The molecule has 1 atom stereocenters. The van der Waals surface area contributed by atoms with Crippen molar-refractivity contribution in [1.29, 1.82) is 0 Å². The van der Waals surface area contributed by atoms with E-state index in [2.05, 4.69) is 15.1 Å². The zero-order valence-corrected chi connectivity index (χ0v) is 11.4. The smallest absolute Gasteiger partial charge is 0.237 e. The summed E-state index contributed by atoms with van der Waals surface area (Å²) >= 11 is 0. The van der Waals surface area contributed by atoms with Crippen molar-refractivity contribution in [3.05, 3.63) is 66.2 Å². The number of pyridine rings is 1. The second kappa shape index (κ2) is 5.66. The van der Waals surface area contributed by atoms with Crippen LogP contribution in [0.2, 0.25) is 0 Å². The van der Waals surface area contributed by atoms with E-state index in [4.69, 9.17) is 4.52 Å². The van der Waals surface area contributed by atoms with Gasteiger partial charge in [-0.15, -0.1) is 0 Å². The van der Waals surface area contributed by atoms with Gasteiger partial charge in [-0.25, -0.2) is 0 Å². The predicted molar refractivity (Wildman–Crippen MR) is 76.7 cm³/mol. The van der Waals surface area contributed by atoms with Crippen LogP contribution < -0.4 is 0 Å². The number of carbonyl (C=O) groups is 1. The fraction of sp³-hybridized carbons (Fsp3) is 0.125. The largest absolute Gasteiger partial charge is 0.338 e. The Morgan fingerprint density at radius 3 is 2.57 bits per heavy atom. The van der Waals surface area contributed by atoms with Crippen molar-refractivity contribution in [1.82, 2.24) is 15.1 Å². The van der Waals surface area contributed by atoms with Gasteiger partial charge in [0.25, 0.3) is 0 Å². The van der Waals surface area contributed by atoms with Crippen LogP contribution in [0.25, 0.3) is 11.5 Å². The minimum absolute atomic E-state index is 0.0492. The molecule has 2 aromatic heterocycles. The molecule has 0 aliphatic carbocycles. The highest BCUT2D eigenvalue weighted by Gasteiger charge is 2.23. The summed E-state index contributed by atoms with van der Waals surface area (Å²) in [6.07, 6.45) is 1.66. The normalized spacial score (nSPS) is 12.0. The molecule has 0 bridgehead atoms. The van der Waals surface area contributed by atoms with Crippen molar-refractivity contribution in [2.24, 2.45) is 0 Å². The van der Waals surface area contributed by atoms with Crippen LogP contribution in [0.15, 0.2) is 59.3 Å². The summed E-state index contributed by atoms with van der Waals surface area (Å²) in [5.74, 6) is 0.145. The molecule has 21 heavy (non-hydrogen) atoms. The monoisotopic (exact) mass is 279 g/mol. The summed E-state index contributed by atoms with van der Waals surface area (Å²) in [6.45, 7) is 1.76. The minimum atomic E-state index is -0.489. The SMILES string of the molecule is CC(C(=O)c1ccccc1)c1nc(-c2ccccn2)no1. The Bertz CT molecular complexity index is 738. The zero-order valence-electron chi connectivity index (χ0n) is 11.4. The second-order valence-corrected chi connectivity index (χ2v) is 4.62. The molecule has 0 saturated heterocycles. The fourth-order valence-electron chi connectivity index (χ4n) is 1.97. The number of ketones is 1. The predicted octanol–water partition coefficient (Wildman–Crippen LogP) is 3.12. The lowest BCUT2D eigenvalue weighted by Crippen LogP contribution is -2.09. The third kappa shape index (κ3) is 2.72. The third-order valence-electron chi connectivity index (χ3n) is 3.16. The van der Waals surface area contributed by atoms with Crippen LogP contribution >= 0.6 is 0 Å². The van der Waals surface area contributed by atoms with Crippen LogP contribution in [-0.4, -0.2) is 20.9 Å². The maximum absolute atomic E-state index is 12.3. The highest BCUT2D eigenvalue weighted by molar-refractivity contribution is 6.00. The molecular formula is C16H13N3O2. The highest BCUT2D eigenvalue weighted by Crippen LogP contribution is 2.21. The molecule has 3 rings (SSSR count). The van der Waals surface area contributed by atoms with Gasteiger partial charge in [-0.05, 0) is 19.1 Å². The summed E-state index contributed by atoms with van der Waals surface area (Å²) in [4.78, 5) is 20.8. The molecule has 0 aliphatic heterocycles. The van der Waals surface area contributed by atoms with Gasteiger partial charge >= 0.3 is 0 Å². The van der Waals surface area contributed by atoms with Crippen LogP contribution in [0.3, 0.4) is 0 Å². The summed E-state index contributed by atoms with van der Waals surface area (Å²) in [6, 6.07) is 14.5. The molecule has 5 heteroatoms. The Kier molecular flexibility index (Phi) is 3.55. The number of Topliss-reactive ketones (excluding diaryl/α,β-unsaturated/α-hetero) is 1. The maximum Gasteiger partial charge on any atom is 0.237 e. The number of benzene rings is 1. The van der Waals surface area contributed by atoms with Gasteiger partial charge in [-0.1, -0.05) is 41.6 Å². The molecule has 0 aliphatic rings. The van der Waals surface area contributed by atoms with E-state index in [0.717, 1.165) is 0 Å². The van der Waals surface area contributed by atoms with Crippen molar-refractivity contribution in [3.8, 4) is 11.5 Å². The molecule has 0 amide bonds. The first-order valence-corrected chi connectivity index (χ1v) is 6.60. The lowest BCUT2D eigenvalue weighted by Gasteiger charge is -2.04. The average molecular weight is 279 g/mol. The number of hydrogen-bond donors (Lipinski definition) is 0. The summed E-state index contributed by atoms with van der Waals surface area (Å²) in [5.41, 5.74) is 1.24. The van der Waals surface area contributed by atoms with Crippen LogP contribution in [-0.2, 0) is 0 Å². The molecule has 0 saturated carbocycles. The molecule has 104 valence electrons. The van der Waals surface area contributed by atoms with Crippen molar-refractivity contribution in [2.45, 2.75) is 12.8 Å². The number of rotatable bonds is 4. The molecule has 2 heterocycles. The topological polar surface area (TPSA) is 68.9 Å². The highest BCUT2D eigenvalue weighted by atomic mass is 16.5. The number of aromatic nitrogens is 3. The molecule has 3 aromatic rings. The van der Waals surface area contributed by atoms with Gasteiger partial charge in [0.2, 0.25) is 11.7 Å². The number of nitrogens with zero attached hydrogens (tertiary/aromatic N) is 3. The summed E-state index contributed by atoms with van der Waals surface area (Å²) < 4.78 is 5.20. The third-order valence-corrected chi connectivity index (χ3v) is 3.16. The van der Waals surface area contributed by atoms with Crippen molar-refractivity contribution in [2.75, 3.05) is 0 Å². The fourth-order valence-corrected chi connectivity index (χ4v) is 1.97. The van der Waals surface area contributed by atoms with Gasteiger partial charge in [0.15, 0.2) is 5.78 Å². The van der Waals surface area contributed by atoms with Gasteiger partial charge in [-0.3, -0.25) is 9.78 Å². The van der Waals surface area contributed by atoms with Crippen LogP contribution in [0.4, 0.5) is 0 Å². The minimum Gasteiger partial charge on any atom is -0.338 e. The molecular weight excluding hydrogens is 266 g/mol. The van der Waals surface area contributed by atoms with Gasteiger partial charge in [0.1, 0.15) is 5.69 Å². The van der Waals surface area contributed by atoms with Crippen LogP contribution in [0, 0.1) is 0 Å². The first-order valence-electron chi connectivity index (χ1n) is 6.60. The summed E-state index contributed by atoms with van der Waals surface area (Å²) in [5, 5.41) is 3.88. The van der Waals surface area contributed by atoms with Crippen LogP contribution in [0.5, 0.6) is 0 Å². The Morgan fingerprint density at radius 2 is 1.86 bits per heavy atom. The van der Waals surface area contributed by atoms with E-state index in [0.29, 0.717) is 23.0 Å². The van der Waals surface area contributed by atoms with Crippen molar-refractivity contribution in [3.63, 3.8) is 0 Å². The van der Waals surface area contributed by atoms with Crippen molar-refractivity contribution >= 4 is 5.78 Å². The van der Waals surface area contributed by atoms with Crippen molar-refractivity contribution < 1.29 is 9.32 Å². The van der Waals surface area contributed by atoms with Gasteiger partial charge in [0.05, 0.1) is 5.92 Å².